The van der Waals surface area contributed by atoms with Gasteiger partial charge >= 0.3 is 18.9 Å². The van der Waals surface area contributed by atoms with Crippen LogP contribution in [0.1, 0.15) is 40.5 Å². The summed E-state index contributed by atoms with van der Waals surface area (Å²) in [6, 6.07) is 0. The number of hydrogen-bond acceptors (Lipinski definition) is 0. The topological polar surface area (TPSA) is 14.1 Å². The molecule has 0 amide bonds. The molecule has 0 spiro atoms. The molecule has 11 heavy (non-hydrogen) atoms. The molecule has 0 unspecified atom stereocenters. The van der Waals surface area contributed by atoms with Crippen LogP contribution < -0.4 is 18.9 Å². The summed E-state index contributed by atoms with van der Waals surface area (Å²) < 4.78 is 0. The molecule has 1 fully saturated rings. The van der Waals surface area contributed by atoms with Gasteiger partial charge in [-0.05, 0) is 5.41 Å². The van der Waals surface area contributed by atoms with Crippen LogP contribution >= 0.6 is 0 Å². The standard InChI is InChI=1S/C9H18N.Li/c1-8(2)6-5-7-10-9(8,3)4;/h5-7H2,1-4H3;/q-1;+1. The largest absolute Gasteiger partial charge is 1.00 e. The predicted octanol–water partition coefficient (Wildman–Crippen LogP) is -0.0373. The molecule has 2 heteroatoms. The van der Waals surface area contributed by atoms with Crippen LogP contribution in [0, 0.1) is 5.41 Å². The van der Waals surface area contributed by atoms with Gasteiger partial charge in [0, 0.05) is 0 Å². The van der Waals surface area contributed by atoms with Crippen LogP contribution in [0.5, 0.6) is 0 Å². The second kappa shape index (κ2) is 3.52. The fourth-order valence-electron chi connectivity index (χ4n) is 1.40. The molecule has 1 aliphatic rings. The van der Waals surface area contributed by atoms with Crippen molar-refractivity contribution in [2.24, 2.45) is 5.41 Å². The zero-order chi connectivity index (χ0) is 7.83. The summed E-state index contributed by atoms with van der Waals surface area (Å²) in [6.45, 7) is 10.2. The second-order valence-corrected chi connectivity index (χ2v) is 4.43. The Hall–Kier alpha value is 0.557. The van der Waals surface area contributed by atoms with Gasteiger partial charge in [0.15, 0.2) is 0 Å². The first-order valence-electron chi connectivity index (χ1n) is 4.14. The van der Waals surface area contributed by atoms with Crippen LogP contribution in [0.3, 0.4) is 0 Å². The number of hydrogen-bond donors (Lipinski definition) is 0. The van der Waals surface area contributed by atoms with Crippen LogP contribution in [0.2, 0.25) is 0 Å². The maximum absolute atomic E-state index is 4.61. The first-order chi connectivity index (χ1) is 4.46. The Kier molecular flexibility index (Phi) is 3.70. The van der Waals surface area contributed by atoms with Gasteiger partial charge in [-0.2, -0.15) is 0 Å². The van der Waals surface area contributed by atoms with E-state index in [2.05, 4.69) is 33.0 Å². The van der Waals surface area contributed by atoms with E-state index < -0.39 is 0 Å². The van der Waals surface area contributed by atoms with Crippen LogP contribution in [-0.2, 0) is 0 Å². The van der Waals surface area contributed by atoms with Crippen molar-refractivity contribution in [2.75, 3.05) is 6.54 Å². The Labute approximate surface area is 82.5 Å². The van der Waals surface area contributed by atoms with E-state index in [1.807, 2.05) is 0 Å². The van der Waals surface area contributed by atoms with Crippen molar-refractivity contribution < 1.29 is 18.9 Å². The normalized spacial score (nSPS) is 27.3. The van der Waals surface area contributed by atoms with Gasteiger partial charge in [0.1, 0.15) is 0 Å². The molecule has 0 aromatic carbocycles. The summed E-state index contributed by atoms with van der Waals surface area (Å²) in [5.74, 6) is 0. The summed E-state index contributed by atoms with van der Waals surface area (Å²) in [5.41, 5.74) is 0.608. The molecule has 0 aliphatic carbocycles. The SMILES string of the molecule is CC1(C)CCC[N-]C1(C)C.[Li+]. The zero-order valence-corrected chi connectivity index (χ0v) is 8.57. The van der Waals surface area contributed by atoms with E-state index in [1.165, 1.54) is 12.8 Å². The smallest absolute Gasteiger partial charge is 0.657 e. The molecular weight excluding hydrogens is 129 g/mol. The minimum absolute atomic E-state index is 0. The van der Waals surface area contributed by atoms with Crippen molar-refractivity contribution in [1.82, 2.24) is 0 Å². The van der Waals surface area contributed by atoms with Gasteiger partial charge < -0.3 is 5.32 Å². The molecule has 0 aromatic rings. The van der Waals surface area contributed by atoms with E-state index in [-0.39, 0.29) is 24.4 Å². The molecule has 0 bridgehead atoms. The Balaban J connectivity index is 0.000001000. The monoisotopic (exact) mass is 147 g/mol. The van der Waals surface area contributed by atoms with Crippen LogP contribution in [0.15, 0.2) is 0 Å². The third-order valence-corrected chi connectivity index (χ3v) is 3.12. The van der Waals surface area contributed by atoms with Crippen molar-refractivity contribution in [2.45, 2.75) is 46.1 Å². The van der Waals surface area contributed by atoms with Gasteiger partial charge in [0.25, 0.3) is 0 Å². The fourth-order valence-corrected chi connectivity index (χ4v) is 1.40. The molecule has 1 rings (SSSR count). The minimum Gasteiger partial charge on any atom is -0.657 e. The van der Waals surface area contributed by atoms with Gasteiger partial charge in [-0.25, -0.2) is 0 Å². The third-order valence-electron chi connectivity index (χ3n) is 3.12. The Morgan fingerprint density at radius 3 is 1.91 bits per heavy atom. The molecular formula is C9H18LiN. The average molecular weight is 147 g/mol. The maximum Gasteiger partial charge on any atom is 1.00 e. The molecule has 0 aromatic heterocycles. The Bertz CT molecular complexity index is 114. The summed E-state index contributed by atoms with van der Waals surface area (Å²) in [6.07, 6.45) is 2.60. The molecule has 1 nitrogen and oxygen atoms in total. The molecule has 0 saturated carbocycles. The molecule has 0 atom stereocenters. The first kappa shape index (κ1) is 11.6. The number of piperidine rings is 1. The van der Waals surface area contributed by atoms with E-state index in [9.17, 15) is 0 Å². The molecule has 0 N–H and O–H groups in total. The molecule has 0 radical (unpaired) electrons. The Morgan fingerprint density at radius 2 is 1.64 bits per heavy atom. The number of nitrogens with zero attached hydrogens (tertiary/aromatic N) is 1. The number of rotatable bonds is 0. The summed E-state index contributed by atoms with van der Waals surface area (Å²) in [4.78, 5) is 0. The van der Waals surface area contributed by atoms with Gasteiger partial charge in [0.05, 0.1) is 0 Å². The van der Waals surface area contributed by atoms with E-state index >= 15 is 0 Å². The van der Waals surface area contributed by atoms with Crippen LogP contribution in [-0.4, -0.2) is 12.1 Å². The van der Waals surface area contributed by atoms with Gasteiger partial charge in [-0.15, -0.1) is 12.1 Å². The van der Waals surface area contributed by atoms with Gasteiger partial charge in [-0.1, -0.05) is 40.5 Å². The quantitative estimate of drug-likeness (QED) is 0.427. The van der Waals surface area contributed by atoms with Crippen molar-refractivity contribution in [3.8, 4) is 0 Å². The van der Waals surface area contributed by atoms with Gasteiger partial charge in [-0.3, -0.25) is 0 Å². The fraction of sp³-hybridized carbons (Fsp3) is 1.00. The summed E-state index contributed by atoms with van der Waals surface area (Å²) >= 11 is 0. The van der Waals surface area contributed by atoms with Crippen molar-refractivity contribution in [3.63, 3.8) is 0 Å². The van der Waals surface area contributed by atoms with Crippen molar-refractivity contribution in [3.05, 3.63) is 5.32 Å². The molecule has 60 valence electrons. The first-order valence-corrected chi connectivity index (χ1v) is 4.14. The van der Waals surface area contributed by atoms with Crippen molar-refractivity contribution in [1.29, 1.82) is 0 Å². The minimum atomic E-state index is 0. The van der Waals surface area contributed by atoms with Gasteiger partial charge in [0.2, 0.25) is 0 Å². The zero-order valence-electron chi connectivity index (χ0n) is 8.57. The molecule has 1 heterocycles. The van der Waals surface area contributed by atoms with Crippen LogP contribution in [0.25, 0.3) is 5.32 Å². The van der Waals surface area contributed by atoms with Crippen molar-refractivity contribution >= 4 is 0 Å². The summed E-state index contributed by atoms with van der Waals surface area (Å²) in [7, 11) is 0. The van der Waals surface area contributed by atoms with E-state index in [0.717, 1.165) is 6.54 Å². The van der Waals surface area contributed by atoms with E-state index in [0.29, 0.717) is 5.41 Å². The third kappa shape index (κ3) is 2.24. The maximum atomic E-state index is 4.61. The van der Waals surface area contributed by atoms with E-state index in [1.54, 1.807) is 0 Å². The van der Waals surface area contributed by atoms with E-state index in [4.69, 9.17) is 0 Å². The molecule has 1 aliphatic heterocycles. The molecule has 1 saturated heterocycles. The summed E-state index contributed by atoms with van der Waals surface area (Å²) in [5, 5.41) is 4.61. The predicted molar refractivity (Wildman–Crippen MR) is 45.3 cm³/mol. The average Bonchev–Trinajstić information content (AvgIpc) is 1.77. The Morgan fingerprint density at radius 1 is 1.09 bits per heavy atom. The second-order valence-electron chi connectivity index (χ2n) is 4.43. The van der Waals surface area contributed by atoms with Crippen LogP contribution in [0.4, 0.5) is 0 Å².